The number of ketones is 2. The van der Waals surface area contributed by atoms with E-state index in [2.05, 4.69) is 27.7 Å². The number of carbonyl (C=O) groups is 7. The summed E-state index contributed by atoms with van der Waals surface area (Å²) in [6.45, 7) is 6.04. The van der Waals surface area contributed by atoms with Crippen LogP contribution in [0.15, 0.2) is 0 Å². The Hall–Kier alpha value is -1.24. The van der Waals surface area contributed by atoms with Gasteiger partial charge in [0.05, 0.1) is 13.1 Å². The first-order chi connectivity index (χ1) is 15.4. The van der Waals surface area contributed by atoms with E-state index < -0.39 is 25.8 Å². The third-order valence-electron chi connectivity index (χ3n) is 4.32. The van der Waals surface area contributed by atoms with Crippen molar-refractivity contribution < 1.29 is 84.9 Å². The molecule has 0 fully saturated rings. The predicted octanol–water partition coefficient (Wildman–Crippen LogP) is -3.14. The van der Waals surface area contributed by atoms with Crippen LogP contribution in [-0.2, 0) is 28.8 Å². The zero-order chi connectivity index (χ0) is 25.4. The SMILES string of the molecule is [CH2-]P(NC(C)=O)C(=O)NCCCCC(CC(=O)CNC(=O)CCC(=O)CNC(C)=O)C(N)=O.[K+]. The van der Waals surface area contributed by atoms with Crippen LogP contribution in [0.2, 0.25) is 0 Å². The Morgan fingerprint density at radius 3 is 2.03 bits per heavy atom. The number of nitrogens with one attached hydrogen (secondary N) is 4. The normalized spacial score (nSPS) is 11.7. The van der Waals surface area contributed by atoms with Crippen molar-refractivity contribution in [3.8, 4) is 0 Å². The zero-order valence-electron chi connectivity index (χ0n) is 20.0. The Labute approximate surface area is 243 Å². The van der Waals surface area contributed by atoms with Gasteiger partial charge in [-0.1, -0.05) is 14.5 Å². The fourth-order valence-corrected chi connectivity index (χ4v) is 3.37. The second-order valence-corrected chi connectivity index (χ2v) is 8.88. The Morgan fingerprint density at radius 1 is 0.853 bits per heavy atom. The van der Waals surface area contributed by atoms with Crippen LogP contribution in [0.3, 0.4) is 0 Å². The van der Waals surface area contributed by atoms with Crippen molar-refractivity contribution in [1.82, 2.24) is 21.0 Å². The fourth-order valence-electron chi connectivity index (χ4n) is 2.59. The van der Waals surface area contributed by atoms with E-state index in [9.17, 15) is 33.6 Å². The quantitative estimate of drug-likeness (QED) is 0.0573. The minimum absolute atomic E-state index is 0. The van der Waals surface area contributed by atoms with E-state index in [-0.39, 0.29) is 113 Å². The summed E-state index contributed by atoms with van der Waals surface area (Å²) < 4.78 is 0. The Kier molecular flexibility index (Phi) is 20.5. The van der Waals surface area contributed by atoms with Crippen molar-refractivity contribution in [3.63, 3.8) is 0 Å². The van der Waals surface area contributed by atoms with Gasteiger partial charge in [-0.05, 0) is 12.8 Å². The second kappa shape index (κ2) is 20.0. The summed E-state index contributed by atoms with van der Waals surface area (Å²) >= 11 is 0. The molecule has 0 saturated carbocycles. The summed E-state index contributed by atoms with van der Waals surface area (Å²) in [5.74, 6) is -3.19. The molecule has 14 heteroatoms. The molecule has 6 N–H and O–H groups in total. The third kappa shape index (κ3) is 19.1. The van der Waals surface area contributed by atoms with E-state index in [0.717, 1.165) is 0 Å². The van der Waals surface area contributed by atoms with Crippen molar-refractivity contribution in [3.05, 3.63) is 6.66 Å². The summed E-state index contributed by atoms with van der Waals surface area (Å²) in [5.41, 5.74) is 4.99. The molecule has 5 amide bonds. The minimum atomic E-state index is -1.55. The third-order valence-corrected chi connectivity index (χ3v) is 5.55. The van der Waals surface area contributed by atoms with Gasteiger partial charge < -0.3 is 26.8 Å². The van der Waals surface area contributed by atoms with E-state index in [1.807, 2.05) is 0 Å². The van der Waals surface area contributed by atoms with E-state index in [1.54, 1.807) is 0 Å². The van der Waals surface area contributed by atoms with Gasteiger partial charge in [0.2, 0.25) is 29.3 Å². The smallest absolute Gasteiger partial charge is 0.369 e. The van der Waals surface area contributed by atoms with E-state index in [1.165, 1.54) is 13.8 Å². The van der Waals surface area contributed by atoms with Gasteiger partial charge in [-0.15, -0.1) is 0 Å². The number of Topliss-reactive ketones (excluding diaryl/α,β-unsaturated/α-hetero) is 2. The van der Waals surface area contributed by atoms with Crippen molar-refractivity contribution in [1.29, 1.82) is 0 Å². The molecule has 0 aromatic rings. The molecule has 0 bridgehead atoms. The molecule has 0 heterocycles. The number of unbranched alkanes of at least 4 members (excludes halogenated alkanes) is 1. The first-order valence-electron chi connectivity index (χ1n) is 10.4. The van der Waals surface area contributed by atoms with Crippen molar-refractivity contribution in [2.75, 3.05) is 19.6 Å². The molecule has 12 nitrogen and oxygen atoms in total. The molecule has 186 valence electrons. The summed E-state index contributed by atoms with van der Waals surface area (Å²) in [6, 6.07) is 0. The minimum Gasteiger partial charge on any atom is -0.369 e. The van der Waals surface area contributed by atoms with Crippen LogP contribution < -0.4 is 78.2 Å². The number of carbonyl (C=O) groups excluding carboxylic acids is 7. The Balaban J connectivity index is 0. The van der Waals surface area contributed by atoms with Gasteiger partial charge in [0.25, 0.3) is 0 Å². The molecule has 0 saturated heterocycles. The number of hydrogen-bond donors (Lipinski definition) is 5. The average Bonchev–Trinajstić information content (AvgIpc) is 2.72. The molecule has 2 unspecified atom stereocenters. The fraction of sp³-hybridized carbons (Fsp3) is 0.600. The average molecular weight is 526 g/mol. The van der Waals surface area contributed by atoms with Crippen LogP contribution in [0.25, 0.3) is 0 Å². The maximum absolute atomic E-state index is 12.1. The largest absolute Gasteiger partial charge is 1.00 e. The van der Waals surface area contributed by atoms with Crippen LogP contribution in [0.1, 0.15) is 52.4 Å². The van der Waals surface area contributed by atoms with Gasteiger partial charge in [-0.2, -0.15) is 0 Å². The molecule has 0 aliphatic rings. The molecule has 0 spiro atoms. The number of amides is 5. The first-order valence-corrected chi connectivity index (χ1v) is 11.9. The molecule has 0 radical (unpaired) electrons. The van der Waals surface area contributed by atoms with Gasteiger partial charge in [-0.3, -0.25) is 40.2 Å². The van der Waals surface area contributed by atoms with E-state index >= 15 is 0 Å². The molecular formula is C20H33KN5O7P. The second-order valence-electron chi connectivity index (χ2n) is 7.39. The molecule has 0 aromatic carbocycles. The number of nitrogens with two attached hydrogens (primary N) is 1. The van der Waals surface area contributed by atoms with E-state index in [0.29, 0.717) is 25.8 Å². The predicted molar refractivity (Wildman–Crippen MR) is 122 cm³/mol. The maximum atomic E-state index is 12.1. The van der Waals surface area contributed by atoms with Gasteiger partial charge >= 0.3 is 51.4 Å². The van der Waals surface area contributed by atoms with Gasteiger partial charge in [-0.25, -0.2) is 0 Å². The standard InChI is InChI=1S/C20H33N5O7P.K/c1-13(26)23-11-16(28)7-8-18(30)24-12-17(29)10-15(19(21)31)6-4-5-9-22-20(32)33(3)25-14(2)27;/h15H,3-12H2,1-2H3,(H2,21,31)(H,22,32)(H,23,26)(H,24,30)(H,25,27);/q-1;+1. The number of rotatable bonds is 17. The van der Waals surface area contributed by atoms with Crippen molar-refractivity contribution in [2.45, 2.75) is 52.4 Å². The van der Waals surface area contributed by atoms with Gasteiger partial charge in [0.15, 0.2) is 11.6 Å². The molecule has 2 atom stereocenters. The zero-order valence-corrected chi connectivity index (χ0v) is 24.0. The number of hydrogen-bond acceptors (Lipinski definition) is 7. The van der Waals surface area contributed by atoms with Crippen molar-refractivity contribution >= 4 is 48.9 Å². The van der Waals surface area contributed by atoms with Gasteiger partial charge in [0.1, 0.15) is 0 Å². The summed E-state index contributed by atoms with van der Waals surface area (Å²) in [4.78, 5) is 80.4. The summed E-state index contributed by atoms with van der Waals surface area (Å²) in [6.07, 6.45) is 1.09. The molecular weight excluding hydrogens is 492 g/mol. The van der Waals surface area contributed by atoms with E-state index in [4.69, 9.17) is 5.73 Å². The molecule has 34 heavy (non-hydrogen) atoms. The van der Waals surface area contributed by atoms with Crippen LogP contribution >= 0.6 is 8.07 Å². The maximum Gasteiger partial charge on any atom is 1.00 e. The Morgan fingerprint density at radius 2 is 1.47 bits per heavy atom. The molecule has 0 rings (SSSR count). The van der Waals surface area contributed by atoms with Crippen LogP contribution in [-0.4, -0.2) is 60.5 Å². The first kappa shape index (κ1) is 34.9. The molecule has 0 aliphatic carbocycles. The topological polar surface area (TPSA) is 194 Å². The van der Waals surface area contributed by atoms with Crippen LogP contribution in [0, 0.1) is 12.6 Å². The number of primary amides is 1. The van der Waals surface area contributed by atoms with Crippen LogP contribution in [0.4, 0.5) is 4.79 Å². The summed E-state index contributed by atoms with van der Waals surface area (Å²) in [7, 11) is -1.55. The summed E-state index contributed by atoms with van der Waals surface area (Å²) in [5, 5.41) is 9.79. The van der Waals surface area contributed by atoms with Gasteiger partial charge in [0, 0.05) is 45.6 Å². The molecule has 0 aliphatic heterocycles. The monoisotopic (exact) mass is 525 g/mol. The van der Waals surface area contributed by atoms with Crippen molar-refractivity contribution in [2.24, 2.45) is 11.7 Å². The Bertz CT molecular complexity index is 751. The molecule has 0 aromatic heterocycles. The van der Waals surface area contributed by atoms with Crippen LogP contribution in [0.5, 0.6) is 0 Å².